The van der Waals surface area contributed by atoms with E-state index in [9.17, 15) is 15.3 Å². The Kier molecular flexibility index (Phi) is 3.78. The molecule has 18 heavy (non-hydrogen) atoms. The van der Waals surface area contributed by atoms with Gasteiger partial charge in [0.25, 0.3) is 0 Å². The van der Waals surface area contributed by atoms with Crippen LogP contribution in [0.15, 0.2) is 24.5 Å². The number of pyridine rings is 1. The van der Waals surface area contributed by atoms with Crippen LogP contribution in [-0.2, 0) is 0 Å². The van der Waals surface area contributed by atoms with Crippen molar-refractivity contribution in [1.82, 2.24) is 15.0 Å². The minimum Gasteiger partial charge on any atom is -0.394 e. The molecular weight excluding hydrogens is 238 g/mol. The molecule has 0 aliphatic rings. The molecule has 0 spiro atoms. The van der Waals surface area contributed by atoms with Gasteiger partial charge in [-0.3, -0.25) is 4.98 Å². The van der Waals surface area contributed by atoms with Gasteiger partial charge in [-0.1, -0.05) is 0 Å². The molecule has 0 aliphatic heterocycles. The Hall–Kier alpha value is -1.67. The lowest BCUT2D eigenvalue weighted by Crippen LogP contribution is -2.35. The summed E-state index contributed by atoms with van der Waals surface area (Å²) >= 11 is 0. The second-order valence-electron chi connectivity index (χ2n) is 3.83. The summed E-state index contributed by atoms with van der Waals surface area (Å²) in [6.45, 7) is -0.655. The minimum atomic E-state index is -1.54. The number of aliphatic hydroxyl groups is 4. The maximum absolute atomic E-state index is 9.80. The van der Waals surface area contributed by atoms with Gasteiger partial charge in [-0.2, -0.15) is 0 Å². The Bertz CT molecular complexity index is 536. The van der Waals surface area contributed by atoms with E-state index in [-0.39, 0.29) is 5.69 Å². The average molecular weight is 251 g/mol. The number of nitrogens with zero attached hydrogens (tertiary/aromatic N) is 3. The zero-order valence-electron chi connectivity index (χ0n) is 9.38. The molecule has 7 heteroatoms. The molecule has 0 radical (unpaired) electrons. The molecule has 4 N–H and O–H groups in total. The molecule has 0 aliphatic carbocycles. The van der Waals surface area contributed by atoms with E-state index in [1.54, 1.807) is 12.1 Å². The molecule has 7 nitrogen and oxygen atoms in total. The second-order valence-corrected chi connectivity index (χ2v) is 3.83. The van der Waals surface area contributed by atoms with Gasteiger partial charge in [0.1, 0.15) is 23.8 Å². The lowest BCUT2D eigenvalue weighted by atomic mass is 10.1. The summed E-state index contributed by atoms with van der Waals surface area (Å²) in [6.07, 6.45) is -1.59. The summed E-state index contributed by atoms with van der Waals surface area (Å²) in [6, 6.07) is 3.42. The van der Waals surface area contributed by atoms with E-state index in [0.717, 1.165) is 0 Å². The van der Waals surface area contributed by atoms with E-state index in [2.05, 4.69) is 15.0 Å². The lowest BCUT2D eigenvalue weighted by molar-refractivity contribution is -0.0789. The summed E-state index contributed by atoms with van der Waals surface area (Å²) in [5.41, 5.74) is 0.978. The number of aromatic nitrogens is 3. The third-order valence-corrected chi connectivity index (χ3v) is 2.54. The molecule has 0 amide bonds. The predicted octanol–water partition coefficient (Wildman–Crippen LogP) is -1.23. The molecular formula is C11H13N3O4. The first-order valence-electron chi connectivity index (χ1n) is 5.36. The van der Waals surface area contributed by atoms with Crippen LogP contribution in [0.1, 0.15) is 11.8 Å². The van der Waals surface area contributed by atoms with Crippen LogP contribution in [0.4, 0.5) is 0 Å². The average Bonchev–Trinajstić information content (AvgIpc) is 2.44. The Morgan fingerprint density at radius 2 is 1.94 bits per heavy atom. The molecule has 0 saturated carbocycles. The van der Waals surface area contributed by atoms with Crippen molar-refractivity contribution in [3.8, 4) is 0 Å². The van der Waals surface area contributed by atoms with E-state index >= 15 is 0 Å². The fourth-order valence-corrected chi connectivity index (χ4v) is 1.50. The molecule has 0 aromatic carbocycles. The summed E-state index contributed by atoms with van der Waals surface area (Å²) < 4.78 is 0. The SMILES string of the molecule is OC[C@@H](O)[C@@H](O)[C@H](O)c1cnc2cccnc2n1. The molecule has 0 unspecified atom stereocenters. The molecule has 3 atom stereocenters. The quantitative estimate of drug-likeness (QED) is 0.537. The van der Waals surface area contributed by atoms with Crippen LogP contribution in [0.2, 0.25) is 0 Å². The van der Waals surface area contributed by atoms with Gasteiger partial charge >= 0.3 is 0 Å². The summed E-state index contributed by atoms with van der Waals surface area (Å²) in [7, 11) is 0. The second kappa shape index (κ2) is 5.32. The van der Waals surface area contributed by atoms with Crippen molar-refractivity contribution in [2.24, 2.45) is 0 Å². The third-order valence-electron chi connectivity index (χ3n) is 2.54. The van der Waals surface area contributed by atoms with Gasteiger partial charge in [-0.05, 0) is 12.1 Å². The molecule has 2 aromatic heterocycles. The van der Waals surface area contributed by atoms with Crippen LogP contribution in [0.3, 0.4) is 0 Å². The van der Waals surface area contributed by atoms with Gasteiger partial charge < -0.3 is 20.4 Å². The highest BCUT2D eigenvalue weighted by atomic mass is 16.4. The number of hydrogen-bond donors (Lipinski definition) is 4. The normalized spacial score (nSPS) is 16.4. The third kappa shape index (κ3) is 2.44. The van der Waals surface area contributed by atoms with E-state index < -0.39 is 24.9 Å². The highest BCUT2D eigenvalue weighted by molar-refractivity contribution is 5.68. The fraction of sp³-hybridized carbons (Fsp3) is 0.364. The zero-order chi connectivity index (χ0) is 13.1. The van der Waals surface area contributed by atoms with E-state index in [0.29, 0.717) is 11.2 Å². The first-order chi connectivity index (χ1) is 8.63. The number of rotatable bonds is 4. The number of fused-ring (bicyclic) bond motifs is 1. The van der Waals surface area contributed by atoms with Gasteiger partial charge in [0.2, 0.25) is 0 Å². The number of aliphatic hydroxyl groups excluding tert-OH is 4. The van der Waals surface area contributed by atoms with Gasteiger partial charge in [-0.15, -0.1) is 0 Å². The maximum atomic E-state index is 9.80. The fourth-order valence-electron chi connectivity index (χ4n) is 1.50. The van der Waals surface area contributed by atoms with Crippen molar-refractivity contribution in [3.05, 3.63) is 30.2 Å². The summed E-state index contributed by atoms with van der Waals surface area (Å²) in [4.78, 5) is 12.0. The van der Waals surface area contributed by atoms with Gasteiger partial charge in [0.05, 0.1) is 18.5 Å². The smallest absolute Gasteiger partial charge is 0.178 e. The van der Waals surface area contributed by atoms with Crippen LogP contribution in [0, 0.1) is 0 Å². The van der Waals surface area contributed by atoms with Crippen molar-refractivity contribution in [2.45, 2.75) is 18.3 Å². The predicted molar refractivity (Wildman–Crippen MR) is 61.4 cm³/mol. The summed E-state index contributed by atoms with van der Waals surface area (Å²) in [5, 5.41) is 37.3. The van der Waals surface area contributed by atoms with Crippen molar-refractivity contribution in [2.75, 3.05) is 6.61 Å². The van der Waals surface area contributed by atoms with Crippen LogP contribution < -0.4 is 0 Å². The highest BCUT2D eigenvalue weighted by Gasteiger charge is 2.26. The van der Waals surface area contributed by atoms with Crippen LogP contribution >= 0.6 is 0 Å². The van der Waals surface area contributed by atoms with Gasteiger partial charge in [0.15, 0.2) is 5.65 Å². The van der Waals surface area contributed by atoms with Crippen LogP contribution in [-0.4, -0.2) is 54.2 Å². The standard InChI is InChI=1S/C11H13N3O4/c15-5-8(16)10(18)9(17)7-4-13-6-2-1-3-12-11(6)14-7/h1-4,8-10,15-18H,5H2/t8-,9-,10-/m1/s1. The zero-order valence-corrected chi connectivity index (χ0v) is 9.38. The molecule has 2 rings (SSSR count). The van der Waals surface area contributed by atoms with Crippen molar-refractivity contribution < 1.29 is 20.4 Å². The molecule has 0 bridgehead atoms. The first kappa shape index (κ1) is 12.8. The van der Waals surface area contributed by atoms with Crippen LogP contribution in [0.25, 0.3) is 11.2 Å². The molecule has 2 heterocycles. The first-order valence-corrected chi connectivity index (χ1v) is 5.36. The minimum absolute atomic E-state index is 0.0844. The molecule has 2 aromatic rings. The highest BCUT2D eigenvalue weighted by Crippen LogP contribution is 2.18. The summed E-state index contributed by atoms with van der Waals surface area (Å²) in [5.74, 6) is 0. The lowest BCUT2D eigenvalue weighted by Gasteiger charge is -2.20. The largest absolute Gasteiger partial charge is 0.394 e. The maximum Gasteiger partial charge on any atom is 0.178 e. The van der Waals surface area contributed by atoms with Crippen LogP contribution in [0.5, 0.6) is 0 Å². The van der Waals surface area contributed by atoms with E-state index in [1.807, 2.05) is 0 Å². The van der Waals surface area contributed by atoms with E-state index in [4.69, 9.17) is 5.11 Å². The van der Waals surface area contributed by atoms with Crippen molar-refractivity contribution in [1.29, 1.82) is 0 Å². The number of hydrogen-bond acceptors (Lipinski definition) is 7. The monoisotopic (exact) mass is 251 g/mol. The van der Waals surface area contributed by atoms with Gasteiger partial charge in [-0.25, -0.2) is 9.97 Å². The Morgan fingerprint density at radius 1 is 1.17 bits per heavy atom. The Labute approximate surface area is 102 Å². The van der Waals surface area contributed by atoms with Gasteiger partial charge in [0, 0.05) is 6.20 Å². The van der Waals surface area contributed by atoms with E-state index in [1.165, 1.54) is 12.4 Å². The topological polar surface area (TPSA) is 120 Å². The van der Waals surface area contributed by atoms with Crippen molar-refractivity contribution in [3.63, 3.8) is 0 Å². The Balaban J connectivity index is 2.30. The molecule has 0 fully saturated rings. The molecule has 0 saturated heterocycles. The molecule has 96 valence electrons. The Morgan fingerprint density at radius 3 is 2.67 bits per heavy atom. The van der Waals surface area contributed by atoms with Crippen molar-refractivity contribution >= 4 is 11.2 Å².